The number of benzene rings is 3. The van der Waals surface area contributed by atoms with Crippen LogP contribution in [0, 0.1) is 11.8 Å². The molecule has 1 aliphatic heterocycles. The number of phenolic OH excluding ortho intramolecular Hbond substituents is 1. The van der Waals surface area contributed by atoms with Gasteiger partial charge in [-0.05, 0) is 47.1 Å². The molecule has 0 saturated heterocycles. The van der Waals surface area contributed by atoms with Gasteiger partial charge in [-0.1, -0.05) is 107 Å². The Morgan fingerprint density at radius 2 is 0.945 bits per heavy atom. The van der Waals surface area contributed by atoms with Gasteiger partial charge in [0.25, 0.3) is 17.7 Å². The Kier molecular flexibility index (Phi) is 25.3. The first-order valence-electron chi connectivity index (χ1n) is 29.1. The highest BCUT2D eigenvalue weighted by Crippen LogP contribution is 2.30. The fourth-order valence-corrected chi connectivity index (χ4v) is 12.0. The van der Waals surface area contributed by atoms with Crippen molar-refractivity contribution in [2.45, 2.75) is 109 Å². The van der Waals surface area contributed by atoms with Gasteiger partial charge in [-0.2, -0.15) is 0 Å². The van der Waals surface area contributed by atoms with Crippen molar-refractivity contribution in [2.75, 3.05) is 26.2 Å². The largest absolute Gasteiger partial charge is 0.508 e. The summed E-state index contributed by atoms with van der Waals surface area (Å²) >= 11 is 3.11. The molecule has 27 nitrogen and oxygen atoms in total. The Hall–Kier alpha value is -9.52. The van der Waals surface area contributed by atoms with Crippen LogP contribution in [-0.2, 0) is 57.6 Å². The lowest BCUT2D eigenvalue weighted by Gasteiger charge is -2.27. The molecular weight excluding hydrogens is 1230 g/mol. The van der Waals surface area contributed by atoms with Crippen LogP contribution in [0.2, 0.25) is 0 Å². The second kappa shape index (κ2) is 33.3. The summed E-state index contributed by atoms with van der Waals surface area (Å²) in [5.41, 5.74) is 7.15. The van der Waals surface area contributed by atoms with Crippen molar-refractivity contribution in [3.8, 4) is 5.75 Å². The molecule has 0 aliphatic carbocycles. The molecule has 11 amide bonds. The van der Waals surface area contributed by atoms with Crippen LogP contribution in [0.3, 0.4) is 0 Å². The highest BCUT2D eigenvalue weighted by Gasteiger charge is 2.34. The average Bonchev–Trinajstić information content (AvgIpc) is 1.97. The fourth-order valence-electron chi connectivity index (χ4n) is 9.34. The highest BCUT2D eigenvalue weighted by atomic mass is 32.1. The first kappa shape index (κ1) is 69.0. The van der Waals surface area contributed by atoms with Crippen molar-refractivity contribution in [2.24, 2.45) is 17.6 Å². The highest BCUT2D eigenvalue weighted by molar-refractivity contribution is 7.10. The molecule has 6 aromatic rings. The third kappa shape index (κ3) is 20.8. The third-order valence-electron chi connectivity index (χ3n) is 14.3. The summed E-state index contributed by atoms with van der Waals surface area (Å²) < 4.78 is 0. The normalized spacial score (nSPS) is 21.3. The number of nitrogens with one attached hydrogen (secondary N) is 10. The van der Waals surface area contributed by atoms with Gasteiger partial charge in [0, 0.05) is 35.4 Å². The maximum Gasteiger partial charge on any atom is 0.271 e. The zero-order valence-corrected chi connectivity index (χ0v) is 52.6. The maximum absolute atomic E-state index is 14.7. The van der Waals surface area contributed by atoms with Crippen LogP contribution in [0.25, 0.3) is 0 Å². The van der Waals surface area contributed by atoms with Gasteiger partial charge in [-0.25, -0.2) is 15.0 Å². The number of hydrogen-bond acceptors (Lipinski definition) is 19. The molecule has 0 fully saturated rings. The van der Waals surface area contributed by atoms with Gasteiger partial charge in [0.2, 0.25) is 47.3 Å². The lowest BCUT2D eigenvalue weighted by atomic mass is 9.98. The number of aromatic hydroxyl groups is 1. The number of aliphatic hydroxyl groups excluding tert-OH is 1. The van der Waals surface area contributed by atoms with Crippen molar-refractivity contribution in [3.05, 3.63) is 150 Å². The Morgan fingerprint density at radius 1 is 0.505 bits per heavy atom. The Morgan fingerprint density at radius 3 is 1.48 bits per heavy atom. The lowest BCUT2D eigenvalue weighted by molar-refractivity contribution is -0.133. The third-order valence-corrected chi connectivity index (χ3v) is 17.2. The number of aliphatic hydroxyl groups is 1. The SMILES string of the molecule is CC[C@H](C)[C@@H]1NC(=O)[C@H](Cc2ccccc2)NC(=O)[C@H](Cc2ccccc2)NC(=O)CNC(=O)[C@@H](CO)NC(=O)CNC(=O)CNC(=O)c2csc(n2)[C@H](CC(N)=O)NC(=O)[C@H](Cc2ccc(O)cc2)NC(=O)c2csc(n2)[C@H](CC(C)C)NC(=O)c2csc1n2. The second-order valence-corrected chi connectivity index (χ2v) is 24.6. The second-order valence-electron chi connectivity index (χ2n) is 21.9. The molecule has 0 saturated carbocycles. The van der Waals surface area contributed by atoms with E-state index < -0.39 is 140 Å². The lowest BCUT2D eigenvalue weighted by Crippen LogP contribution is -2.57. The number of rotatable bonds is 13. The zero-order chi connectivity index (χ0) is 65.7. The van der Waals surface area contributed by atoms with E-state index in [1.165, 1.54) is 22.9 Å². The first-order valence-corrected chi connectivity index (χ1v) is 31.7. The molecule has 3 aromatic heterocycles. The number of aromatic nitrogens is 3. The number of primary amides is 1. The van der Waals surface area contributed by atoms with Gasteiger partial charge in [0.1, 0.15) is 62.0 Å². The molecular formula is C61H72N14O13S3. The van der Waals surface area contributed by atoms with Gasteiger partial charge in [-0.15, -0.1) is 34.0 Å². The van der Waals surface area contributed by atoms with Crippen LogP contribution in [0.15, 0.2) is 101 Å². The van der Waals surface area contributed by atoms with Crippen molar-refractivity contribution in [1.29, 1.82) is 0 Å². The van der Waals surface area contributed by atoms with Crippen LogP contribution >= 0.6 is 34.0 Å². The molecule has 0 unspecified atom stereocenters. The number of fused-ring (bicyclic) bond motifs is 6. The molecule has 1 aliphatic rings. The number of carbonyl (C=O) groups is 11. The smallest absolute Gasteiger partial charge is 0.271 e. The van der Waals surface area contributed by atoms with Gasteiger partial charge in [0.05, 0.1) is 50.8 Å². The van der Waals surface area contributed by atoms with Crippen molar-refractivity contribution in [1.82, 2.24) is 68.1 Å². The molecule has 14 N–H and O–H groups in total. The maximum atomic E-state index is 14.7. The van der Waals surface area contributed by atoms with Gasteiger partial charge in [0.15, 0.2) is 0 Å². The summed E-state index contributed by atoms with van der Waals surface area (Å²) in [5, 5.41) is 51.4. The van der Waals surface area contributed by atoms with E-state index >= 15 is 0 Å². The van der Waals surface area contributed by atoms with E-state index in [4.69, 9.17) is 10.7 Å². The van der Waals surface area contributed by atoms with Crippen LogP contribution in [-0.4, -0.2) is 141 Å². The number of hydrogen-bond donors (Lipinski definition) is 13. The van der Waals surface area contributed by atoms with E-state index in [1.807, 2.05) is 27.7 Å². The molecule has 6 bridgehead atoms. The Bertz CT molecular complexity index is 3550. The number of nitrogens with two attached hydrogens (primary N) is 1. The summed E-state index contributed by atoms with van der Waals surface area (Å²) in [6, 6.07) is 15.2. The number of nitrogens with zero attached hydrogens (tertiary/aromatic N) is 3. The standard InChI is InChI=1S/C61H72N14O13S3/c1-5-33(4)51-61-74-46(31-91-61)58(88)70-41(20-32(2)3)59-73-45(30-90-59)57(87)69-39(23-36-16-18-37(77)19-17-36)55(85)71-42(24-47(62)78)60-72-44(29-89-60)53(83)64-25-48(79)63-26-49(80)67-43(28-76)52(82)65-27-50(81)66-38(21-34-12-8-6-9-13-34)54(84)68-40(56(86)75-51)22-35-14-10-7-11-15-35/h6-19,29-33,38-43,51,76-77H,5,20-28H2,1-4H3,(H2,62,78)(H,63,79)(H,64,83)(H,65,82)(H,66,81)(H,67,80)(H,68,84)(H,69,87)(H,70,88)(H,71,85)(H,75,86)/t33-,38-,39-,40-,41-,42-,43+,51-/m0/s1. The average molecular weight is 1310 g/mol. The van der Waals surface area contributed by atoms with Crippen LogP contribution in [0.4, 0.5) is 0 Å². The molecule has 30 heteroatoms. The minimum absolute atomic E-state index is 0.000972. The van der Waals surface area contributed by atoms with Gasteiger partial charge in [-0.3, -0.25) is 52.7 Å². The zero-order valence-electron chi connectivity index (χ0n) is 50.1. The number of carbonyl (C=O) groups excluding carboxylic acids is 11. The Balaban J connectivity index is 1.19. The van der Waals surface area contributed by atoms with Crippen LogP contribution < -0.4 is 58.9 Å². The molecule has 0 spiro atoms. The summed E-state index contributed by atoms with van der Waals surface area (Å²) in [7, 11) is 0. The van der Waals surface area contributed by atoms with E-state index in [0.717, 1.165) is 34.0 Å². The number of amides is 11. The number of phenols is 1. The molecule has 8 atom stereocenters. The van der Waals surface area contributed by atoms with E-state index in [0.29, 0.717) is 39.5 Å². The molecule has 7 rings (SSSR count). The van der Waals surface area contributed by atoms with Crippen LogP contribution in [0.5, 0.6) is 5.75 Å². The molecule has 91 heavy (non-hydrogen) atoms. The van der Waals surface area contributed by atoms with E-state index in [-0.39, 0.29) is 58.9 Å². The van der Waals surface area contributed by atoms with Gasteiger partial charge < -0.3 is 69.1 Å². The van der Waals surface area contributed by atoms with Crippen molar-refractivity contribution < 1.29 is 63.0 Å². The van der Waals surface area contributed by atoms with Crippen LogP contribution in [0.1, 0.15) is 128 Å². The minimum Gasteiger partial charge on any atom is -0.508 e. The van der Waals surface area contributed by atoms with E-state index in [9.17, 15) is 63.0 Å². The van der Waals surface area contributed by atoms with E-state index in [1.54, 1.807) is 78.2 Å². The minimum atomic E-state index is -1.62. The van der Waals surface area contributed by atoms with Crippen molar-refractivity contribution in [3.63, 3.8) is 0 Å². The summed E-state index contributed by atoms with van der Waals surface area (Å²) in [6.07, 6.45) is 0.246. The topological polar surface area (TPSA) is 413 Å². The number of thiazole rings is 3. The summed E-state index contributed by atoms with van der Waals surface area (Å²) in [4.78, 5) is 164. The predicted octanol–water partition coefficient (Wildman–Crippen LogP) is 1.46. The monoisotopic (exact) mass is 1300 g/mol. The predicted molar refractivity (Wildman–Crippen MR) is 336 cm³/mol. The molecule has 0 radical (unpaired) electrons. The van der Waals surface area contributed by atoms with Crippen molar-refractivity contribution >= 4 is 99.0 Å². The summed E-state index contributed by atoms with van der Waals surface area (Å²) in [5.74, 6) is -9.22. The molecule has 482 valence electrons. The molecule has 3 aromatic carbocycles. The summed E-state index contributed by atoms with van der Waals surface area (Å²) in [6.45, 7) is 4.63. The quantitative estimate of drug-likeness (QED) is 0.0778. The first-order chi connectivity index (χ1) is 43.5. The Labute approximate surface area is 535 Å². The van der Waals surface area contributed by atoms with Gasteiger partial charge >= 0.3 is 0 Å². The van der Waals surface area contributed by atoms with E-state index in [2.05, 4.69) is 63.1 Å². The fraction of sp³-hybridized carbons (Fsp3) is 0.377. The molecule has 4 heterocycles.